The van der Waals surface area contributed by atoms with Gasteiger partial charge >= 0.3 is 0 Å². The van der Waals surface area contributed by atoms with E-state index in [-0.39, 0.29) is 21.7 Å². The topological polar surface area (TPSA) is 6.48 Å². The number of nitrogens with zero attached hydrogens (tertiary/aromatic N) is 2. The fourth-order valence-electron chi connectivity index (χ4n) is 15.5. The molecule has 16 rings (SSSR count). The number of hydrogen-bond acceptors (Lipinski definition) is 2. The molecule has 0 amide bonds. The molecule has 0 aromatic heterocycles. The van der Waals surface area contributed by atoms with Crippen LogP contribution in [0.25, 0.3) is 77.5 Å². The molecule has 2 nitrogen and oxygen atoms in total. The molecule has 0 spiro atoms. The van der Waals surface area contributed by atoms with Crippen LogP contribution in [-0.2, 0) is 21.7 Å². The molecule has 0 atom stereocenters. The van der Waals surface area contributed by atoms with E-state index < -0.39 is 0 Å². The highest BCUT2D eigenvalue weighted by Crippen LogP contribution is 2.58. The summed E-state index contributed by atoms with van der Waals surface area (Å²) in [4.78, 5) is 4.85. The molecule has 0 aliphatic heterocycles. The van der Waals surface area contributed by atoms with E-state index in [1.54, 1.807) is 0 Å². The SMILES string of the molecule is CC1(C)c2ccccc2-c2ccc(-c3ccc(N(c4ccccc4)c4ccc5c(c4)C(C)(C)c4ccc6c7c(ccc-5c47)-c4ccc(N(c5ccccc5)c5ccc(-c7ccc8c(c7)C(C)(C)c7ccccc7-8)cc5)cc4C6(C)C)cc3)cc21. The molecule has 2 heteroatoms. The molecular formula is C82H66N2. The van der Waals surface area contributed by atoms with Gasteiger partial charge in [-0.2, -0.15) is 0 Å². The molecular weight excluding hydrogens is 1010 g/mol. The summed E-state index contributed by atoms with van der Waals surface area (Å²) in [5.41, 5.74) is 32.7. The number of fused-ring (bicyclic) bond motifs is 10. The zero-order valence-corrected chi connectivity index (χ0v) is 49.1. The lowest BCUT2D eigenvalue weighted by Crippen LogP contribution is -2.28. The minimum Gasteiger partial charge on any atom is -0.310 e. The maximum atomic E-state index is 2.47. The Kier molecular flexibility index (Phi) is 10.8. The van der Waals surface area contributed by atoms with Gasteiger partial charge in [-0.1, -0.05) is 225 Å². The molecule has 0 heterocycles. The summed E-state index contributed by atoms with van der Waals surface area (Å²) in [5.74, 6) is 0. The van der Waals surface area contributed by atoms with Gasteiger partial charge in [-0.15, -0.1) is 0 Å². The second-order valence-corrected chi connectivity index (χ2v) is 26.1. The van der Waals surface area contributed by atoms with Crippen molar-refractivity contribution in [3.63, 3.8) is 0 Å². The van der Waals surface area contributed by atoms with Crippen LogP contribution in [0.4, 0.5) is 34.1 Å². The van der Waals surface area contributed by atoms with E-state index in [2.05, 4.69) is 320 Å². The van der Waals surface area contributed by atoms with Crippen LogP contribution in [0.5, 0.6) is 0 Å². The number of benzene rings is 12. The van der Waals surface area contributed by atoms with E-state index in [0.717, 1.165) is 34.1 Å². The fraction of sp³-hybridized carbons (Fsp3) is 0.146. The van der Waals surface area contributed by atoms with Gasteiger partial charge in [0.15, 0.2) is 0 Å². The first-order valence-electron chi connectivity index (χ1n) is 30.0. The summed E-state index contributed by atoms with van der Waals surface area (Å²) in [7, 11) is 0. The zero-order chi connectivity index (χ0) is 57.0. The Morgan fingerprint density at radius 1 is 0.190 bits per heavy atom. The van der Waals surface area contributed by atoms with Gasteiger partial charge in [-0.25, -0.2) is 0 Å². The van der Waals surface area contributed by atoms with E-state index in [0.29, 0.717) is 0 Å². The maximum Gasteiger partial charge on any atom is 0.0465 e. The van der Waals surface area contributed by atoms with Gasteiger partial charge in [-0.3, -0.25) is 0 Å². The Hall–Kier alpha value is -9.50. The zero-order valence-electron chi connectivity index (χ0n) is 49.1. The molecule has 4 aliphatic rings. The van der Waals surface area contributed by atoms with Gasteiger partial charge in [0.2, 0.25) is 0 Å². The first kappa shape index (κ1) is 50.2. The lowest BCUT2D eigenvalue weighted by Gasteiger charge is -2.41. The van der Waals surface area contributed by atoms with Gasteiger partial charge in [0.1, 0.15) is 0 Å². The maximum absolute atomic E-state index is 2.47. The van der Waals surface area contributed by atoms with Crippen LogP contribution in [0.1, 0.15) is 99.9 Å². The summed E-state index contributed by atoms with van der Waals surface area (Å²) in [5, 5.41) is 2.77. The smallest absolute Gasteiger partial charge is 0.0465 e. The number of anilines is 6. The van der Waals surface area contributed by atoms with E-state index in [1.807, 2.05) is 0 Å². The van der Waals surface area contributed by atoms with Gasteiger partial charge in [0, 0.05) is 55.8 Å². The minimum absolute atomic E-state index is 0.0511. The predicted molar refractivity (Wildman–Crippen MR) is 354 cm³/mol. The van der Waals surface area contributed by atoms with Crippen molar-refractivity contribution in [3.8, 4) is 66.8 Å². The van der Waals surface area contributed by atoms with Crippen molar-refractivity contribution in [2.45, 2.75) is 77.0 Å². The van der Waals surface area contributed by atoms with Crippen LogP contribution >= 0.6 is 0 Å². The highest BCUT2D eigenvalue weighted by Gasteiger charge is 2.41. The van der Waals surface area contributed by atoms with Crippen molar-refractivity contribution in [1.82, 2.24) is 0 Å². The standard InChI is InChI=1S/C82H66N2/c1-79(2)69-25-17-15-23-61(69)63-39-31-53(47-73(63)79)51-27-33-57(34-28-51)83(55-19-11-9-12-20-55)59-37-41-65-67-43-44-68-66-42-38-60(50-76(66)82(7,8)72-46-45-71(77(67)78(68)72)81(5,6)75(65)49-59)84(56-21-13-10-14-22-56)58-35-29-52(30-36-58)54-32-40-64-62-24-16-18-26-70(62)80(3,4)74(64)48-54/h9-50H,1-8H3. The van der Waals surface area contributed by atoms with Gasteiger partial charge < -0.3 is 9.80 Å². The van der Waals surface area contributed by atoms with E-state index in [9.17, 15) is 0 Å². The molecule has 0 radical (unpaired) electrons. The van der Waals surface area contributed by atoms with E-state index in [4.69, 9.17) is 0 Å². The second kappa shape index (κ2) is 18.0. The van der Waals surface area contributed by atoms with Crippen molar-refractivity contribution >= 4 is 44.9 Å². The van der Waals surface area contributed by atoms with Crippen LogP contribution in [-0.4, -0.2) is 0 Å². The summed E-state index contributed by atoms with van der Waals surface area (Å²) < 4.78 is 0. The molecule has 12 aromatic carbocycles. The highest BCUT2D eigenvalue weighted by atomic mass is 15.1. The number of rotatable bonds is 8. The van der Waals surface area contributed by atoms with Crippen molar-refractivity contribution < 1.29 is 0 Å². The van der Waals surface area contributed by atoms with Crippen molar-refractivity contribution in [1.29, 1.82) is 0 Å². The Morgan fingerprint density at radius 2 is 0.464 bits per heavy atom. The fourth-order valence-corrected chi connectivity index (χ4v) is 15.5. The summed E-state index contributed by atoms with van der Waals surface area (Å²) in [6.07, 6.45) is 0. The first-order valence-corrected chi connectivity index (χ1v) is 30.0. The largest absolute Gasteiger partial charge is 0.310 e. The Bertz CT molecular complexity index is 4390. The molecule has 0 N–H and O–H groups in total. The first-order chi connectivity index (χ1) is 40.7. The molecule has 0 unspecified atom stereocenters. The third-order valence-corrected chi connectivity index (χ3v) is 20.1. The lowest BCUT2D eigenvalue weighted by atomic mass is 9.63. The molecule has 12 aromatic rings. The minimum atomic E-state index is -0.286. The van der Waals surface area contributed by atoms with Crippen LogP contribution in [0.15, 0.2) is 255 Å². The summed E-state index contributed by atoms with van der Waals surface area (Å²) in [6.45, 7) is 19.2. The highest BCUT2D eigenvalue weighted by molar-refractivity contribution is 6.13. The van der Waals surface area contributed by atoms with Crippen molar-refractivity contribution in [2.24, 2.45) is 0 Å². The third kappa shape index (κ3) is 7.22. The van der Waals surface area contributed by atoms with Crippen LogP contribution in [0, 0.1) is 0 Å². The van der Waals surface area contributed by atoms with Gasteiger partial charge in [0.05, 0.1) is 0 Å². The van der Waals surface area contributed by atoms with E-state index >= 15 is 0 Å². The van der Waals surface area contributed by atoms with Crippen LogP contribution in [0.3, 0.4) is 0 Å². The average Bonchev–Trinajstić information content (AvgIpc) is 1.03. The second-order valence-electron chi connectivity index (χ2n) is 26.1. The number of hydrogen-bond donors (Lipinski definition) is 0. The Balaban J connectivity index is 0.749. The lowest BCUT2D eigenvalue weighted by molar-refractivity contribution is 0.633. The van der Waals surface area contributed by atoms with Crippen molar-refractivity contribution in [2.75, 3.05) is 9.80 Å². The quantitative estimate of drug-likeness (QED) is 0.150. The monoisotopic (exact) mass is 1080 g/mol. The molecule has 84 heavy (non-hydrogen) atoms. The van der Waals surface area contributed by atoms with Gasteiger partial charge in [0.25, 0.3) is 0 Å². The molecule has 0 fully saturated rings. The normalized spacial score (nSPS) is 15.3. The van der Waals surface area contributed by atoms with E-state index in [1.165, 1.54) is 122 Å². The summed E-state index contributed by atoms with van der Waals surface area (Å²) in [6, 6.07) is 96.2. The molecule has 4 aliphatic carbocycles. The van der Waals surface area contributed by atoms with Gasteiger partial charge in [-0.05, 0) is 207 Å². The third-order valence-electron chi connectivity index (χ3n) is 20.1. The molecule has 404 valence electrons. The predicted octanol–water partition coefficient (Wildman–Crippen LogP) is 22.3. The molecule has 0 saturated heterocycles. The number of para-hydroxylation sites is 2. The molecule has 0 bridgehead atoms. The Labute approximate surface area is 495 Å². The van der Waals surface area contributed by atoms with Crippen LogP contribution < -0.4 is 9.80 Å². The Morgan fingerprint density at radius 3 is 0.869 bits per heavy atom. The molecule has 0 saturated carbocycles. The van der Waals surface area contributed by atoms with Crippen LogP contribution in [0.2, 0.25) is 0 Å². The van der Waals surface area contributed by atoms with Crippen molar-refractivity contribution in [3.05, 3.63) is 299 Å². The average molecular weight is 1080 g/mol. The summed E-state index contributed by atoms with van der Waals surface area (Å²) >= 11 is 0.